The second-order valence-corrected chi connectivity index (χ2v) is 5.96. The molecule has 1 fully saturated rings. The van der Waals surface area contributed by atoms with Crippen LogP contribution in [0.1, 0.15) is 38.8 Å². The lowest BCUT2D eigenvalue weighted by Crippen LogP contribution is -2.51. The quantitative estimate of drug-likeness (QED) is 0.936. The van der Waals surface area contributed by atoms with Crippen molar-refractivity contribution in [1.29, 1.82) is 0 Å². The van der Waals surface area contributed by atoms with E-state index in [0.717, 1.165) is 17.9 Å². The number of rotatable bonds is 4. The highest BCUT2D eigenvalue weighted by Gasteiger charge is 2.24. The molecule has 0 saturated carbocycles. The summed E-state index contributed by atoms with van der Waals surface area (Å²) in [5.74, 6) is 0. The van der Waals surface area contributed by atoms with Crippen molar-refractivity contribution in [3.05, 3.63) is 48.3 Å². The highest BCUT2D eigenvalue weighted by molar-refractivity contribution is 5.30. The maximum Gasteiger partial charge on any atom is 0.0781 e. The second kappa shape index (κ2) is 6.41. The highest BCUT2D eigenvalue weighted by atomic mass is 15.5. The number of nitrogens with one attached hydrogen (secondary N) is 1. The van der Waals surface area contributed by atoms with Crippen LogP contribution in [0.2, 0.25) is 0 Å². The van der Waals surface area contributed by atoms with Crippen LogP contribution >= 0.6 is 0 Å². The molecule has 4 heteroatoms. The van der Waals surface area contributed by atoms with E-state index in [9.17, 15) is 0 Å². The molecular weight excluding hydrogens is 260 g/mol. The van der Waals surface area contributed by atoms with E-state index in [4.69, 9.17) is 0 Å². The number of nitrogens with zero attached hydrogens (tertiary/aromatic N) is 3. The summed E-state index contributed by atoms with van der Waals surface area (Å²) in [4.78, 5) is 0. The van der Waals surface area contributed by atoms with Crippen molar-refractivity contribution in [3.63, 3.8) is 0 Å². The highest BCUT2D eigenvalue weighted by Crippen LogP contribution is 2.20. The van der Waals surface area contributed by atoms with Gasteiger partial charge in [-0.3, -0.25) is 0 Å². The minimum absolute atomic E-state index is 0.602. The summed E-state index contributed by atoms with van der Waals surface area (Å²) < 4.78 is 1.93. The molecule has 2 unspecified atom stereocenters. The molecule has 0 radical (unpaired) electrons. The third kappa shape index (κ3) is 3.34. The second-order valence-electron chi connectivity index (χ2n) is 5.96. The number of piperidine rings is 1. The Kier molecular flexibility index (Phi) is 4.36. The fourth-order valence-corrected chi connectivity index (χ4v) is 3.09. The van der Waals surface area contributed by atoms with Gasteiger partial charge in [-0.25, -0.2) is 15.1 Å². The van der Waals surface area contributed by atoms with Gasteiger partial charge in [0.05, 0.1) is 17.9 Å². The molecule has 1 N–H and O–H groups in total. The molecule has 3 rings (SSSR count). The van der Waals surface area contributed by atoms with Gasteiger partial charge in [0.15, 0.2) is 0 Å². The molecule has 0 aliphatic carbocycles. The standard InChI is InChI=1S/C17H24N4/c1-14-7-6-8-15(2)21(14)18-13-16-11-12-20(19-16)17-9-4-3-5-10-17/h3-5,9-12,14-15,18H,6-8,13H2,1-2H3. The molecule has 112 valence electrons. The number of hydrogen-bond acceptors (Lipinski definition) is 3. The Morgan fingerprint density at radius 3 is 2.52 bits per heavy atom. The van der Waals surface area contributed by atoms with Crippen LogP contribution in [-0.2, 0) is 6.54 Å². The number of hydrazine groups is 1. The molecular formula is C17H24N4. The smallest absolute Gasteiger partial charge is 0.0781 e. The third-order valence-electron chi connectivity index (χ3n) is 4.30. The summed E-state index contributed by atoms with van der Waals surface area (Å²) in [6, 6.07) is 13.5. The summed E-state index contributed by atoms with van der Waals surface area (Å²) in [6.45, 7) is 5.38. The first-order chi connectivity index (χ1) is 10.2. The lowest BCUT2D eigenvalue weighted by atomic mass is 10.00. The Labute approximate surface area is 126 Å². The van der Waals surface area contributed by atoms with E-state index >= 15 is 0 Å². The van der Waals surface area contributed by atoms with Crippen LogP contribution in [-0.4, -0.2) is 26.9 Å². The SMILES string of the molecule is CC1CCCC(C)N1NCc1ccn(-c2ccccc2)n1. The Balaban J connectivity index is 1.62. The van der Waals surface area contributed by atoms with Crippen molar-refractivity contribution >= 4 is 0 Å². The van der Waals surface area contributed by atoms with Gasteiger partial charge in [0.25, 0.3) is 0 Å². The predicted molar refractivity (Wildman–Crippen MR) is 85.0 cm³/mol. The Morgan fingerprint density at radius 2 is 1.81 bits per heavy atom. The van der Waals surface area contributed by atoms with Gasteiger partial charge < -0.3 is 0 Å². The Bertz CT molecular complexity index is 553. The maximum atomic E-state index is 4.64. The molecule has 1 aliphatic rings. The van der Waals surface area contributed by atoms with Crippen molar-refractivity contribution in [2.45, 2.75) is 51.7 Å². The number of aromatic nitrogens is 2. The Hall–Kier alpha value is -1.65. The zero-order valence-electron chi connectivity index (χ0n) is 12.9. The first-order valence-electron chi connectivity index (χ1n) is 7.86. The number of hydrogen-bond donors (Lipinski definition) is 1. The molecule has 2 heterocycles. The molecule has 2 atom stereocenters. The van der Waals surface area contributed by atoms with E-state index in [-0.39, 0.29) is 0 Å². The molecule has 0 bridgehead atoms. The van der Waals surface area contributed by atoms with Crippen LogP contribution in [0, 0.1) is 0 Å². The first kappa shape index (κ1) is 14.3. The van der Waals surface area contributed by atoms with Gasteiger partial charge in [-0.2, -0.15) is 5.10 Å². The average molecular weight is 284 g/mol. The van der Waals surface area contributed by atoms with Crippen LogP contribution in [0.5, 0.6) is 0 Å². The summed E-state index contributed by atoms with van der Waals surface area (Å²) in [7, 11) is 0. The third-order valence-corrected chi connectivity index (χ3v) is 4.30. The van der Waals surface area contributed by atoms with Gasteiger partial charge in [-0.05, 0) is 44.9 Å². The Morgan fingerprint density at radius 1 is 1.10 bits per heavy atom. The fraction of sp³-hybridized carbons (Fsp3) is 0.471. The molecule has 0 amide bonds. The van der Waals surface area contributed by atoms with Gasteiger partial charge in [0.1, 0.15) is 0 Å². The molecule has 21 heavy (non-hydrogen) atoms. The molecule has 4 nitrogen and oxygen atoms in total. The number of para-hydroxylation sites is 1. The van der Waals surface area contributed by atoms with Crippen molar-refractivity contribution in [1.82, 2.24) is 20.2 Å². The lowest BCUT2D eigenvalue weighted by molar-refractivity contribution is 0.0431. The van der Waals surface area contributed by atoms with Gasteiger partial charge in [0.2, 0.25) is 0 Å². The summed E-state index contributed by atoms with van der Waals surface area (Å²) in [5, 5.41) is 7.04. The largest absolute Gasteiger partial charge is 0.249 e. The van der Waals surface area contributed by atoms with E-state index in [2.05, 4.69) is 47.6 Å². The van der Waals surface area contributed by atoms with Crippen LogP contribution in [0.3, 0.4) is 0 Å². The predicted octanol–water partition coefficient (Wildman–Crippen LogP) is 3.14. The number of benzene rings is 1. The van der Waals surface area contributed by atoms with Crippen molar-refractivity contribution < 1.29 is 0 Å². The van der Waals surface area contributed by atoms with E-state index in [1.807, 2.05) is 29.1 Å². The maximum absolute atomic E-state index is 4.64. The zero-order valence-corrected chi connectivity index (χ0v) is 12.9. The normalized spacial score (nSPS) is 23.3. The fourth-order valence-electron chi connectivity index (χ4n) is 3.09. The van der Waals surface area contributed by atoms with E-state index in [1.165, 1.54) is 19.3 Å². The molecule has 1 aromatic carbocycles. The summed E-state index contributed by atoms with van der Waals surface area (Å²) >= 11 is 0. The van der Waals surface area contributed by atoms with Gasteiger partial charge in [0, 0.05) is 18.3 Å². The van der Waals surface area contributed by atoms with Crippen molar-refractivity contribution in [2.75, 3.05) is 0 Å². The minimum atomic E-state index is 0.602. The van der Waals surface area contributed by atoms with E-state index < -0.39 is 0 Å². The minimum Gasteiger partial charge on any atom is -0.249 e. The topological polar surface area (TPSA) is 33.1 Å². The van der Waals surface area contributed by atoms with Crippen molar-refractivity contribution in [2.24, 2.45) is 0 Å². The molecule has 1 aliphatic heterocycles. The first-order valence-corrected chi connectivity index (χ1v) is 7.86. The van der Waals surface area contributed by atoms with Crippen LogP contribution in [0.4, 0.5) is 0 Å². The lowest BCUT2D eigenvalue weighted by Gasteiger charge is -2.38. The summed E-state index contributed by atoms with van der Waals surface area (Å²) in [5.41, 5.74) is 5.73. The van der Waals surface area contributed by atoms with Crippen molar-refractivity contribution in [3.8, 4) is 5.69 Å². The molecule has 2 aromatic rings. The van der Waals surface area contributed by atoms with E-state index in [0.29, 0.717) is 12.1 Å². The van der Waals surface area contributed by atoms with Gasteiger partial charge in [-0.15, -0.1) is 0 Å². The van der Waals surface area contributed by atoms with Crippen LogP contribution in [0.15, 0.2) is 42.6 Å². The summed E-state index contributed by atoms with van der Waals surface area (Å²) in [6.07, 6.45) is 5.91. The van der Waals surface area contributed by atoms with E-state index in [1.54, 1.807) is 0 Å². The van der Waals surface area contributed by atoms with Gasteiger partial charge in [-0.1, -0.05) is 24.6 Å². The average Bonchev–Trinajstić information content (AvgIpc) is 2.97. The monoisotopic (exact) mass is 284 g/mol. The molecule has 1 saturated heterocycles. The zero-order chi connectivity index (χ0) is 14.7. The van der Waals surface area contributed by atoms with Gasteiger partial charge >= 0.3 is 0 Å². The molecule has 1 aromatic heterocycles. The van der Waals surface area contributed by atoms with Crippen LogP contribution in [0.25, 0.3) is 5.69 Å². The molecule has 0 spiro atoms. The van der Waals surface area contributed by atoms with Crippen LogP contribution < -0.4 is 5.43 Å².